The Bertz CT molecular complexity index is 753. The number of benzene rings is 1. The molecule has 1 aromatic carbocycles. The molecule has 0 saturated heterocycles. The maximum atomic E-state index is 12.2. The highest BCUT2D eigenvalue weighted by Gasteiger charge is 2.23. The number of imidazole rings is 1. The van der Waals surface area contributed by atoms with Crippen molar-refractivity contribution in [2.75, 3.05) is 0 Å². The van der Waals surface area contributed by atoms with E-state index in [-0.39, 0.29) is 18.5 Å². The van der Waals surface area contributed by atoms with Crippen LogP contribution in [0.3, 0.4) is 0 Å². The Balaban J connectivity index is 1.60. The summed E-state index contributed by atoms with van der Waals surface area (Å²) in [6.45, 7) is 4.09. The molecule has 1 fully saturated rings. The number of fused-ring (bicyclic) bond motifs is 1. The molecule has 1 aliphatic carbocycles. The number of para-hydroxylation sites is 2. The fourth-order valence-corrected chi connectivity index (χ4v) is 3.44. The Morgan fingerprint density at radius 2 is 2.00 bits per heavy atom. The lowest BCUT2D eigenvalue weighted by atomic mass is 9.86. The third-order valence-electron chi connectivity index (χ3n) is 4.83. The minimum absolute atomic E-state index is 0.0833. The van der Waals surface area contributed by atoms with Gasteiger partial charge in [0.25, 0.3) is 0 Å². The average Bonchev–Trinajstić information content (AvgIpc) is 2.85. The highest BCUT2D eigenvalue weighted by atomic mass is 16.2. The second-order valence-corrected chi connectivity index (χ2v) is 6.62. The van der Waals surface area contributed by atoms with E-state index in [1.807, 2.05) is 35.8 Å². The third kappa shape index (κ3) is 3.58. The summed E-state index contributed by atoms with van der Waals surface area (Å²) in [5.74, 6) is 0.884. The van der Waals surface area contributed by atoms with Gasteiger partial charge in [0.05, 0.1) is 11.0 Å². The van der Waals surface area contributed by atoms with Gasteiger partial charge in [0.1, 0.15) is 12.4 Å². The molecule has 128 valence electrons. The number of amides is 3. The zero-order valence-corrected chi connectivity index (χ0v) is 14.2. The van der Waals surface area contributed by atoms with Crippen LogP contribution in [-0.2, 0) is 11.3 Å². The molecule has 2 N–H and O–H groups in total. The van der Waals surface area contributed by atoms with Crippen LogP contribution in [0.5, 0.6) is 0 Å². The van der Waals surface area contributed by atoms with E-state index in [2.05, 4.69) is 22.5 Å². The van der Waals surface area contributed by atoms with Crippen LogP contribution in [-0.4, -0.2) is 27.5 Å². The van der Waals surface area contributed by atoms with E-state index in [4.69, 9.17) is 0 Å². The zero-order valence-electron chi connectivity index (χ0n) is 14.2. The fourth-order valence-electron chi connectivity index (χ4n) is 3.44. The SMILES string of the molecule is Cc1nc2ccccc2n1CC(=O)NC(=O)N[C@@H]1CCCC[C@H]1C. The number of rotatable bonds is 3. The number of carbonyl (C=O) groups excluding carboxylic acids is 2. The monoisotopic (exact) mass is 328 g/mol. The van der Waals surface area contributed by atoms with Gasteiger partial charge in [0.15, 0.2) is 0 Å². The minimum atomic E-state index is -0.402. The van der Waals surface area contributed by atoms with E-state index in [9.17, 15) is 9.59 Å². The number of hydrogen-bond acceptors (Lipinski definition) is 3. The van der Waals surface area contributed by atoms with Gasteiger partial charge >= 0.3 is 6.03 Å². The second-order valence-electron chi connectivity index (χ2n) is 6.62. The number of carbonyl (C=O) groups is 2. The summed E-state index contributed by atoms with van der Waals surface area (Å²) >= 11 is 0. The molecule has 3 amide bonds. The molecule has 1 aromatic heterocycles. The standard InChI is InChI=1S/C18H24N4O2/c1-12-7-3-4-8-14(12)20-18(24)21-17(23)11-22-13(2)19-15-9-5-6-10-16(15)22/h5-6,9-10,12,14H,3-4,7-8,11H2,1-2H3,(H2,20,21,23,24)/t12-,14-/m1/s1. The first kappa shape index (κ1) is 16.5. The molecule has 0 aliphatic heterocycles. The Kier molecular flexibility index (Phi) is 4.83. The van der Waals surface area contributed by atoms with Crippen molar-refractivity contribution >= 4 is 23.0 Å². The van der Waals surface area contributed by atoms with Crippen LogP contribution in [0, 0.1) is 12.8 Å². The highest BCUT2D eigenvalue weighted by Crippen LogP contribution is 2.23. The van der Waals surface area contributed by atoms with Crippen LogP contribution >= 0.6 is 0 Å². The second kappa shape index (κ2) is 7.03. The summed E-state index contributed by atoms with van der Waals surface area (Å²) < 4.78 is 1.82. The first-order valence-electron chi connectivity index (χ1n) is 8.57. The van der Waals surface area contributed by atoms with Gasteiger partial charge in [0.2, 0.25) is 5.91 Å². The molecule has 2 aromatic rings. The Morgan fingerprint density at radius 3 is 2.79 bits per heavy atom. The van der Waals surface area contributed by atoms with E-state index in [1.54, 1.807) is 0 Å². The van der Waals surface area contributed by atoms with Crippen LogP contribution in [0.15, 0.2) is 24.3 Å². The van der Waals surface area contributed by atoms with Crippen molar-refractivity contribution in [1.29, 1.82) is 0 Å². The van der Waals surface area contributed by atoms with Crippen LogP contribution in [0.25, 0.3) is 11.0 Å². The van der Waals surface area contributed by atoms with E-state index in [0.29, 0.717) is 5.92 Å². The van der Waals surface area contributed by atoms with Crippen molar-refractivity contribution in [1.82, 2.24) is 20.2 Å². The van der Waals surface area contributed by atoms with Gasteiger partial charge in [-0.25, -0.2) is 9.78 Å². The number of aromatic nitrogens is 2. The van der Waals surface area contributed by atoms with E-state index in [0.717, 1.165) is 36.1 Å². The van der Waals surface area contributed by atoms with Gasteiger partial charge in [0, 0.05) is 6.04 Å². The summed E-state index contributed by atoms with van der Waals surface area (Å²) in [6.07, 6.45) is 4.45. The molecule has 6 nitrogen and oxygen atoms in total. The molecule has 0 spiro atoms. The molecule has 1 aliphatic rings. The molecule has 24 heavy (non-hydrogen) atoms. The van der Waals surface area contributed by atoms with Crippen molar-refractivity contribution in [2.24, 2.45) is 5.92 Å². The first-order valence-corrected chi connectivity index (χ1v) is 8.57. The van der Waals surface area contributed by atoms with Gasteiger partial charge in [-0.1, -0.05) is 31.9 Å². The number of nitrogens with one attached hydrogen (secondary N) is 2. The van der Waals surface area contributed by atoms with Crippen molar-refractivity contribution in [3.05, 3.63) is 30.1 Å². The lowest BCUT2D eigenvalue weighted by molar-refractivity contribution is -0.120. The molecule has 3 rings (SSSR count). The summed E-state index contributed by atoms with van der Waals surface area (Å²) in [6, 6.07) is 7.41. The van der Waals surface area contributed by atoms with Crippen LogP contribution in [0.4, 0.5) is 4.79 Å². The number of urea groups is 1. The lowest BCUT2D eigenvalue weighted by Crippen LogP contribution is -2.48. The van der Waals surface area contributed by atoms with Crippen molar-refractivity contribution in [3.8, 4) is 0 Å². The molecule has 2 atom stereocenters. The fraction of sp³-hybridized carbons (Fsp3) is 0.500. The summed E-state index contributed by atoms with van der Waals surface area (Å²) in [5.41, 5.74) is 1.75. The van der Waals surface area contributed by atoms with E-state index < -0.39 is 6.03 Å². The Hall–Kier alpha value is -2.37. The van der Waals surface area contributed by atoms with Gasteiger partial charge in [-0.2, -0.15) is 0 Å². The Labute approximate surface area is 141 Å². The maximum absolute atomic E-state index is 12.2. The molecule has 1 saturated carbocycles. The predicted octanol–water partition coefficient (Wildman–Crippen LogP) is 2.75. The lowest BCUT2D eigenvalue weighted by Gasteiger charge is -2.29. The van der Waals surface area contributed by atoms with Crippen molar-refractivity contribution in [2.45, 2.75) is 52.1 Å². The van der Waals surface area contributed by atoms with Crippen molar-refractivity contribution < 1.29 is 9.59 Å². The first-order chi connectivity index (χ1) is 11.5. The largest absolute Gasteiger partial charge is 0.335 e. The summed E-state index contributed by atoms with van der Waals surface area (Å²) in [4.78, 5) is 28.7. The number of hydrogen-bond donors (Lipinski definition) is 2. The third-order valence-corrected chi connectivity index (χ3v) is 4.83. The number of aryl methyl sites for hydroxylation is 1. The number of nitrogens with zero attached hydrogens (tertiary/aromatic N) is 2. The van der Waals surface area contributed by atoms with E-state index in [1.165, 1.54) is 6.42 Å². The molecule has 0 bridgehead atoms. The van der Waals surface area contributed by atoms with Crippen molar-refractivity contribution in [3.63, 3.8) is 0 Å². The maximum Gasteiger partial charge on any atom is 0.321 e. The average molecular weight is 328 g/mol. The van der Waals surface area contributed by atoms with Gasteiger partial charge < -0.3 is 9.88 Å². The molecule has 6 heteroatoms. The molecule has 0 unspecified atom stereocenters. The zero-order chi connectivity index (χ0) is 17.1. The van der Waals surface area contributed by atoms with E-state index >= 15 is 0 Å². The van der Waals surface area contributed by atoms with Gasteiger partial charge in [-0.15, -0.1) is 0 Å². The smallest absolute Gasteiger partial charge is 0.321 e. The molecular formula is C18H24N4O2. The summed E-state index contributed by atoms with van der Waals surface area (Å²) in [5, 5.41) is 5.38. The highest BCUT2D eigenvalue weighted by molar-refractivity contribution is 5.94. The van der Waals surface area contributed by atoms with Gasteiger partial charge in [-0.05, 0) is 37.8 Å². The Morgan fingerprint density at radius 1 is 1.25 bits per heavy atom. The topological polar surface area (TPSA) is 76.0 Å². The van der Waals surface area contributed by atoms with Crippen LogP contribution in [0.1, 0.15) is 38.4 Å². The minimum Gasteiger partial charge on any atom is -0.335 e. The quantitative estimate of drug-likeness (QED) is 0.909. The molecule has 1 heterocycles. The van der Waals surface area contributed by atoms with Crippen LogP contribution in [0.2, 0.25) is 0 Å². The molecular weight excluding hydrogens is 304 g/mol. The van der Waals surface area contributed by atoms with Gasteiger partial charge in [-0.3, -0.25) is 10.1 Å². The summed E-state index contributed by atoms with van der Waals surface area (Å²) in [7, 11) is 0. The molecule has 0 radical (unpaired) electrons. The van der Waals surface area contributed by atoms with Crippen LogP contribution < -0.4 is 10.6 Å². The normalized spacial score (nSPS) is 20.8. The number of imide groups is 1. The predicted molar refractivity (Wildman–Crippen MR) is 92.6 cm³/mol.